The largest absolute Gasteiger partial charge is 0.352 e. The molecule has 0 saturated carbocycles. The van der Waals surface area contributed by atoms with E-state index in [0.717, 1.165) is 32.5 Å². The van der Waals surface area contributed by atoms with E-state index in [1.165, 1.54) is 11.6 Å². The summed E-state index contributed by atoms with van der Waals surface area (Å²) in [6, 6.07) is 16.8. The van der Waals surface area contributed by atoms with E-state index in [2.05, 4.69) is 34.5 Å². The summed E-state index contributed by atoms with van der Waals surface area (Å²) < 4.78 is 13.9. The molecule has 0 bridgehead atoms. The van der Waals surface area contributed by atoms with Crippen molar-refractivity contribution >= 4 is 11.9 Å². The molecule has 0 unspecified atom stereocenters. The Morgan fingerprint density at radius 3 is 2.32 bits per heavy atom. The van der Waals surface area contributed by atoms with Crippen molar-refractivity contribution in [3.63, 3.8) is 0 Å². The fraction of sp³-hybridized carbons (Fsp3) is 0.417. The van der Waals surface area contributed by atoms with Crippen LogP contribution in [0.25, 0.3) is 0 Å². The standard InChI is InChI=1S/C24H29FN4O2/c25-22-9-5-4-8-20(22)17-28-14-15-29(24(28)31)18-23(30)26-21-10-12-27(13-11-21)16-19-6-2-1-3-7-19/h1-9,21H,10-18H2,(H,26,30). The third-order valence-electron chi connectivity index (χ3n) is 6.04. The number of carbonyl (C=O) groups is 2. The third-order valence-corrected chi connectivity index (χ3v) is 6.04. The summed E-state index contributed by atoms with van der Waals surface area (Å²) in [5.74, 6) is -0.437. The predicted octanol–water partition coefficient (Wildman–Crippen LogP) is 2.84. The van der Waals surface area contributed by atoms with Gasteiger partial charge in [-0.25, -0.2) is 9.18 Å². The lowest BCUT2D eigenvalue weighted by atomic mass is 10.0. The van der Waals surface area contributed by atoms with Crippen molar-refractivity contribution in [3.05, 3.63) is 71.5 Å². The summed E-state index contributed by atoms with van der Waals surface area (Å²) in [6.45, 7) is 4.08. The molecule has 164 valence electrons. The van der Waals surface area contributed by atoms with Gasteiger partial charge >= 0.3 is 6.03 Å². The highest BCUT2D eigenvalue weighted by Gasteiger charge is 2.31. The lowest BCUT2D eigenvalue weighted by Crippen LogP contribution is -2.47. The number of hydrogen-bond donors (Lipinski definition) is 1. The lowest BCUT2D eigenvalue weighted by molar-refractivity contribution is -0.122. The summed E-state index contributed by atoms with van der Waals surface area (Å²) in [5.41, 5.74) is 1.79. The van der Waals surface area contributed by atoms with Gasteiger partial charge in [0.25, 0.3) is 0 Å². The van der Waals surface area contributed by atoms with E-state index in [0.29, 0.717) is 18.7 Å². The molecule has 2 aliphatic heterocycles. The van der Waals surface area contributed by atoms with Gasteiger partial charge in [0.05, 0.1) is 6.54 Å². The Bertz CT molecular complexity index is 899. The fourth-order valence-corrected chi connectivity index (χ4v) is 4.28. The van der Waals surface area contributed by atoms with Gasteiger partial charge in [0.1, 0.15) is 12.4 Å². The molecule has 2 aromatic rings. The molecule has 2 heterocycles. The van der Waals surface area contributed by atoms with E-state index < -0.39 is 0 Å². The number of halogens is 1. The number of amides is 3. The highest BCUT2D eigenvalue weighted by atomic mass is 19.1. The van der Waals surface area contributed by atoms with Crippen LogP contribution in [0.4, 0.5) is 9.18 Å². The molecule has 2 aromatic carbocycles. The van der Waals surface area contributed by atoms with Gasteiger partial charge in [0.15, 0.2) is 0 Å². The van der Waals surface area contributed by atoms with Gasteiger partial charge < -0.3 is 15.1 Å². The summed E-state index contributed by atoms with van der Waals surface area (Å²) in [6.07, 6.45) is 1.82. The van der Waals surface area contributed by atoms with Crippen LogP contribution in [-0.4, -0.2) is 65.4 Å². The predicted molar refractivity (Wildman–Crippen MR) is 117 cm³/mol. The zero-order valence-corrected chi connectivity index (χ0v) is 17.7. The van der Waals surface area contributed by atoms with E-state index >= 15 is 0 Å². The molecular formula is C24H29FN4O2. The maximum absolute atomic E-state index is 13.9. The summed E-state index contributed by atoms with van der Waals surface area (Å²) in [4.78, 5) is 30.7. The number of benzene rings is 2. The van der Waals surface area contributed by atoms with Gasteiger partial charge in [-0.05, 0) is 24.5 Å². The first kappa shape index (κ1) is 21.3. The zero-order chi connectivity index (χ0) is 21.6. The highest BCUT2D eigenvalue weighted by Crippen LogP contribution is 2.16. The van der Waals surface area contributed by atoms with E-state index in [1.807, 2.05) is 6.07 Å². The van der Waals surface area contributed by atoms with Crippen LogP contribution in [0.1, 0.15) is 24.0 Å². The molecule has 4 rings (SSSR count). The molecule has 31 heavy (non-hydrogen) atoms. The molecule has 3 amide bonds. The minimum atomic E-state index is -0.315. The van der Waals surface area contributed by atoms with Crippen molar-refractivity contribution in [1.82, 2.24) is 20.0 Å². The minimum absolute atomic E-state index is 0.0524. The Morgan fingerprint density at radius 2 is 1.58 bits per heavy atom. The topological polar surface area (TPSA) is 55.9 Å². The molecule has 1 N–H and O–H groups in total. The molecule has 0 spiro atoms. The first-order valence-corrected chi connectivity index (χ1v) is 10.9. The molecule has 2 fully saturated rings. The third kappa shape index (κ3) is 5.61. The van der Waals surface area contributed by atoms with Crippen LogP contribution in [0.2, 0.25) is 0 Å². The monoisotopic (exact) mass is 424 g/mol. The Hall–Kier alpha value is -2.93. The Morgan fingerprint density at radius 1 is 0.903 bits per heavy atom. The second-order valence-corrected chi connectivity index (χ2v) is 8.32. The lowest BCUT2D eigenvalue weighted by Gasteiger charge is -2.32. The molecule has 6 nitrogen and oxygen atoms in total. The number of nitrogens with one attached hydrogen (secondary N) is 1. The van der Waals surface area contributed by atoms with Gasteiger partial charge in [-0.3, -0.25) is 9.69 Å². The second kappa shape index (κ2) is 9.92. The van der Waals surface area contributed by atoms with E-state index in [1.54, 1.807) is 28.0 Å². The number of carbonyl (C=O) groups excluding carboxylic acids is 2. The normalized spacial score (nSPS) is 17.9. The molecule has 0 radical (unpaired) electrons. The number of hydrogen-bond acceptors (Lipinski definition) is 3. The van der Waals surface area contributed by atoms with Crippen molar-refractivity contribution in [2.45, 2.75) is 32.0 Å². The van der Waals surface area contributed by atoms with E-state index in [-0.39, 0.29) is 36.9 Å². The average molecular weight is 425 g/mol. The van der Waals surface area contributed by atoms with Crippen LogP contribution in [0.3, 0.4) is 0 Å². The van der Waals surface area contributed by atoms with Gasteiger partial charge in [0.2, 0.25) is 5.91 Å². The maximum atomic E-state index is 13.9. The molecule has 0 aromatic heterocycles. The zero-order valence-electron chi connectivity index (χ0n) is 17.7. The number of nitrogens with zero attached hydrogens (tertiary/aromatic N) is 3. The van der Waals surface area contributed by atoms with Crippen LogP contribution in [-0.2, 0) is 17.9 Å². The maximum Gasteiger partial charge on any atom is 0.320 e. The molecular weight excluding hydrogens is 395 g/mol. The van der Waals surface area contributed by atoms with E-state index in [4.69, 9.17) is 0 Å². The molecule has 2 aliphatic rings. The van der Waals surface area contributed by atoms with E-state index in [9.17, 15) is 14.0 Å². The van der Waals surface area contributed by atoms with Gasteiger partial charge in [-0.1, -0.05) is 48.5 Å². The van der Waals surface area contributed by atoms with Gasteiger partial charge in [-0.2, -0.15) is 0 Å². The number of rotatable bonds is 7. The van der Waals surface area contributed by atoms with Crippen LogP contribution in [0, 0.1) is 5.82 Å². The van der Waals surface area contributed by atoms with Crippen molar-refractivity contribution in [3.8, 4) is 0 Å². The summed E-state index contributed by atoms with van der Waals surface area (Å²) in [5, 5.41) is 3.09. The van der Waals surface area contributed by atoms with Crippen molar-refractivity contribution in [1.29, 1.82) is 0 Å². The molecule has 0 aliphatic carbocycles. The van der Waals surface area contributed by atoms with Crippen LogP contribution in [0.15, 0.2) is 54.6 Å². The summed E-state index contributed by atoms with van der Waals surface area (Å²) in [7, 11) is 0. The first-order valence-electron chi connectivity index (χ1n) is 10.9. The van der Waals surface area contributed by atoms with Crippen LogP contribution < -0.4 is 5.32 Å². The number of urea groups is 1. The SMILES string of the molecule is O=C(CN1CCN(Cc2ccccc2F)C1=O)NC1CCN(Cc2ccccc2)CC1. The first-order chi connectivity index (χ1) is 15.1. The quantitative estimate of drug-likeness (QED) is 0.744. The van der Waals surface area contributed by atoms with Crippen molar-refractivity contribution < 1.29 is 14.0 Å². The van der Waals surface area contributed by atoms with Gasteiger partial charge in [-0.15, -0.1) is 0 Å². The second-order valence-electron chi connectivity index (χ2n) is 8.32. The Balaban J connectivity index is 1.20. The Kier molecular flexibility index (Phi) is 6.82. The minimum Gasteiger partial charge on any atom is -0.352 e. The molecule has 2 saturated heterocycles. The molecule has 0 atom stereocenters. The van der Waals surface area contributed by atoms with Crippen LogP contribution in [0.5, 0.6) is 0 Å². The average Bonchev–Trinajstić information content (AvgIpc) is 3.11. The van der Waals surface area contributed by atoms with Gasteiger partial charge in [0, 0.05) is 44.3 Å². The molecule has 7 heteroatoms. The Labute approximate surface area is 182 Å². The van der Waals surface area contributed by atoms with Crippen molar-refractivity contribution in [2.24, 2.45) is 0 Å². The smallest absolute Gasteiger partial charge is 0.320 e. The van der Waals surface area contributed by atoms with Crippen LogP contribution >= 0.6 is 0 Å². The summed E-state index contributed by atoms with van der Waals surface area (Å²) >= 11 is 0. The van der Waals surface area contributed by atoms with Crippen molar-refractivity contribution in [2.75, 3.05) is 32.7 Å². The number of piperidine rings is 1. The number of likely N-dealkylation sites (tertiary alicyclic amines) is 1. The highest BCUT2D eigenvalue weighted by molar-refractivity contribution is 5.85. The fourth-order valence-electron chi connectivity index (χ4n) is 4.28.